The molecule has 7 atom stereocenters. The van der Waals surface area contributed by atoms with E-state index in [-0.39, 0.29) is 12.6 Å². The predicted molar refractivity (Wildman–Crippen MR) is 50.0 cm³/mol. The SMILES string of the molecule is C[C@@H]1[C@@H](O)[C@H](O)[C@H]2[C@H](O)[C@H](O)[C@@H](CO)N21. The highest BCUT2D eigenvalue weighted by Gasteiger charge is 2.59. The lowest BCUT2D eigenvalue weighted by atomic mass is 10.00. The molecule has 0 spiro atoms. The maximum Gasteiger partial charge on any atom is 0.0996 e. The molecule has 5 N–H and O–H groups in total. The third-order valence-electron chi connectivity index (χ3n) is 3.67. The molecule has 6 heteroatoms. The fourth-order valence-electron chi connectivity index (χ4n) is 2.82. The molecule has 2 heterocycles. The van der Waals surface area contributed by atoms with Crippen molar-refractivity contribution >= 4 is 0 Å². The Hall–Kier alpha value is -0.240. The molecule has 0 bridgehead atoms. The average Bonchev–Trinajstić information content (AvgIpc) is 2.59. The van der Waals surface area contributed by atoms with Gasteiger partial charge in [0.15, 0.2) is 0 Å². The van der Waals surface area contributed by atoms with Crippen LogP contribution in [0, 0.1) is 0 Å². The molecule has 0 amide bonds. The molecule has 0 saturated carbocycles. The zero-order chi connectivity index (χ0) is 11.3. The van der Waals surface area contributed by atoms with Gasteiger partial charge < -0.3 is 25.5 Å². The molecule has 0 aromatic carbocycles. The predicted octanol–water partition coefficient (Wildman–Crippen LogP) is -3.12. The van der Waals surface area contributed by atoms with Crippen LogP contribution in [0.3, 0.4) is 0 Å². The van der Waals surface area contributed by atoms with Gasteiger partial charge in [-0.05, 0) is 6.92 Å². The van der Waals surface area contributed by atoms with E-state index in [1.54, 1.807) is 11.8 Å². The van der Waals surface area contributed by atoms with Crippen LogP contribution in [0.5, 0.6) is 0 Å². The quantitative estimate of drug-likeness (QED) is 0.319. The highest BCUT2D eigenvalue weighted by atomic mass is 16.4. The second-order valence-corrected chi connectivity index (χ2v) is 4.39. The zero-order valence-electron chi connectivity index (χ0n) is 8.43. The molecule has 0 aromatic heterocycles. The van der Waals surface area contributed by atoms with E-state index >= 15 is 0 Å². The second kappa shape index (κ2) is 3.65. The van der Waals surface area contributed by atoms with Gasteiger partial charge in [0.2, 0.25) is 0 Å². The second-order valence-electron chi connectivity index (χ2n) is 4.39. The molecular formula is C9H17NO5. The van der Waals surface area contributed by atoms with Gasteiger partial charge in [0, 0.05) is 6.04 Å². The van der Waals surface area contributed by atoms with Crippen molar-refractivity contribution in [2.75, 3.05) is 6.61 Å². The Morgan fingerprint density at radius 3 is 2.00 bits per heavy atom. The maximum absolute atomic E-state index is 9.70. The van der Waals surface area contributed by atoms with Crippen LogP contribution in [-0.4, -0.2) is 79.6 Å². The highest BCUT2D eigenvalue weighted by Crippen LogP contribution is 2.37. The van der Waals surface area contributed by atoms with Crippen LogP contribution < -0.4 is 0 Å². The molecule has 2 saturated heterocycles. The average molecular weight is 219 g/mol. The van der Waals surface area contributed by atoms with Gasteiger partial charge in [-0.1, -0.05) is 0 Å². The molecule has 2 rings (SSSR count). The summed E-state index contributed by atoms with van der Waals surface area (Å²) in [6.45, 7) is 1.39. The Labute approximate surface area is 87.4 Å². The molecule has 0 radical (unpaired) electrons. The van der Waals surface area contributed by atoms with Gasteiger partial charge in [-0.25, -0.2) is 0 Å². The number of hydrogen-bond donors (Lipinski definition) is 5. The van der Waals surface area contributed by atoms with Crippen molar-refractivity contribution in [3.8, 4) is 0 Å². The van der Waals surface area contributed by atoms with Crippen molar-refractivity contribution in [2.24, 2.45) is 0 Å². The molecular weight excluding hydrogens is 202 g/mol. The van der Waals surface area contributed by atoms with Crippen LogP contribution in [0.25, 0.3) is 0 Å². The number of aliphatic hydroxyl groups is 5. The number of fused-ring (bicyclic) bond motifs is 1. The molecule has 0 unspecified atom stereocenters. The first-order chi connectivity index (χ1) is 7.00. The topological polar surface area (TPSA) is 104 Å². The van der Waals surface area contributed by atoms with Gasteiger partial charge in [0.25, 0.3) is 0 Å². The monoisotopic (exact) mass is 219 g/mol. The molecule has 0 aliphatic carbocycles. The normalized spacial score (nSPS) is 56.0. The molecule has 6 nitrogen and oxygen atoms in total. The van der Waals surface area contributed by atoms with Crippen LogP contribution in [0.2, 0.25) is 0 Å². The summed E-state index contributed by atoms with van der Waals surface area (Å²) < 4.78 is 0. The van der Waals surface area contributed by atoms with E-state index in [1.165, 1.54) is 0 Å². The van der Waals surface area contributed by atoms with E-state index in [4.69, 9.17) is 5.11 Å². The third-order valence-corrected chi connectivity index (χ3v) is 3.67. The van der Waals surface area contributed by atoms with Gasteiger partial charge >= 0.3 is 0 Å². The van der Waals surface area contributed by atoms with Gasteiger partial charge in [0.05, 0.1) is 43.1 Å². The Balaban J connectivity index is 2.29. The van der Waals surface area contributed by atoms with E-state index in [1.807, 2.05) is 0 Å². The largest absolute Gasteiger partial charge is 0.395 e. The number of rotatable bonds is 1. The van der Waals surface area contributed by atoms with Crippen molar-refractivity contribution in [2.45, 2.75) is 49.5 Å². The first-order valence-electron chi connectivity index (χ1n) is 5.11. The van der Waals surface area contributed by atoms with E-state index in [0.29, 0.717) is 0 Å². The first-order valence-corrected chi connectivity index (χ1v) is 5.11. The standard InChI is InChI=1S/C9H17NO5/c1-3-6(12)8(14)5-9(15)7(13)4(2-11)10(3)5/h3-9,11-15H,2H2,1H3/t3-,4-,5+,6-,7-,8-,9+/m1/s1. The van der Waals surface area contributed by atoms with Crippen LogP contribution in [0.1, 0.15) is 6.92 Å². The van der Waals surface area contributed by atoms with E-state index < -0.39 is 36.5 Å². The Morgan fingerprint density at radius 2 is 1.47 bits per heavy atom. The summed E-state index contributed by atoms with van der Waals surface area (Å²) in [5, 5.41) is 47.8. The number of nitrogens with zero attached hydrogens (tertiary/aromatic N) is 1. The minimum Gasteiger partial charge on any atom is -0.395 e. The summed E-state index contributed by atoms with van der Waals surface area (Å²) in [5.74, 6) is 0. The van der Waals surface area contributed by atoms with E-state index in [2.05, 4.69) is 0 Å². The minimum atomic E-state index is -1.13. The summed E-state index contributed by atoms with van der Waals surface area (Å²) in [4.78, 5) is 1.60. The summed E-state index contributed by atoms with van der Waals surface area (Å²) in [6.07, 6.45) is -4.24. The number of hydrogen-bond acceptors (Lipinski definition) is 6. The Kier molecular flexibility index (Phi) is 2.74. The Bertz CT molecular complexity index is 251. The van der Waals surface area contributed by atoms with Crippen LogP contribution in [-0.2, 0) is 0 Å². The third kappa shape index (κ3) is 1.33. The Morgan fingerprint density at radius 1 is 0.933 bits per heavy atom. The van der Waals surface area contributed by atoms with Crippen LogP contribution >= 0.6 is 0 Å². The molecule has 2 fully saturated rings. The van der Waals surface area contributed by atoms with Gasteiger partial charge in [-0.15, -0.1) is 0 Å². The molecule has 2 aliphatic rings. The molecule has 88 valence electrons. The van der Waals surface area contributed by atoms with E-state index in [9.17, 15) is 20.4 Å². The highest BCUT2D eigenvalue weighted by molar-refractivity contribution is 5.12. The summed E-state index contributed by atoms with van der Waals surface area (Å²) in [6, 6.07) is -1.69. The van der Waals surface area contributed by atoms with E-state index in [0.717, 1.165) is 0 Å². The van der Waals surface area contributed by atoms with Crippen LogP contribution in [0.15, 0.2) is 0 Å². The molecule has 15 heavy (non-hydrogen) atoms. The lowest BCUT2D eigenvalue weighted by molar-refractivity contribution is -0.0321. The van der Waals surface area contributed by atoms with Crippen molar-refractivity contribution in [1.29, 1.82) is 0 Å². The fourth-order valence-corrected chi connectivity index (χ4v) is 2.82. The summed E-state index contributed by atoms with van der Waals surface area (Å²) >= 11 is 0. The lowest BCUT2D eigenvalue weighted by Crippen LogP contribution is -2.45. The van der Waals surface area contributed by atoms with Crippen LogP contribution in [0.4, 0.5) is 0 Å². The van der Waals surface area contributed by atoms with Crippen molar-refractivity contribution in [3.05, 3.63) is 0 Å². The van der Waals surface area contributed by atoms with Gasteiger partial charge in [-0.2, -0.15) is 0 Å². The zero-order valence-corrected chi connectivity index (χ0v) is 8.43. The summed E-state index contributed by atoms with van der Waals surface area (Å²) in [5.41, 5.74) is 0. The smallest absolute Gasteiger partial charge is 0.0996 e. The molecule has 2 aliphatic heterocycles. The van der Waals surface area contributed by atoms with Crippen molar-refractivity contribution in [1.82, 2.24) is 4.90 Å². The summed E-state index contributed by atoms with van der Waals surface area (Å²) in [7, 11) is 0. The molecule has 0 aromatic rings. The maximum atomic E-state index is 9.70. The van der Waals surface area contributed by atoms with Gasteiger partial charge in [0.1, 0.15) is 0 Å². The minimum absolute atomic E-state index is 0.307. The fraction of sp³-hybridized carbons (Fsp3) is 1.00. The lowest BCUT2D eigenvalue weighted by Gasteiger charge is -2.27. The van der Waals surface area contributed by atoms with Crippen molar-refractivity contribution in [3.63, 3.8) is 0 Å². The first kappa shape index (κ1) is 11.3. The van der Waals surface area contributed by atoms with Gasteiger partial charge in [-0.3, -0.25) is 4.90 Å². The number of aliphatic hydroxyl groups excluding tert-OH is 5. The van der Waals surface area contributed by atoms with Crippen molar-refractivity contribution < 1.29 is 25.5 Å².